The summed E-state index contributed by atoms with van der Waals surface area (Å²) in [7, 11) is -1.62. The first-order chi connectivity index (χ1) is 10.1. The summed E-state index contributed by atoms with van der Waals surface area (Å²) in [5.41, 5.74) is 1.04. The van der Waals surface area contributed by atoms with Crippen LogP contribution < -0.4 is 14.9 Å². The number of aromatic nitrogens is 1. The van der Waals surface area contributed by atoms with Gasteiger partial charge in [0.2, 0.25) is 0 Å². The van der Waals surface area contributed by atoms with E-state index >= 15 is 0 Å². The summed E-state index contributed by atoms with van der Waals surface area (Å²) in [6, 6.07) is 7.43. The molecule has 0 radical (unpaired) electrons. The van der Waals surface area contributed by atoms with Crippen LogP contribution in [0.2, 0.25) is 0 Å². The van der Waals surface area contributed by atoms with Gasteiger partial charge in [0.15, 0.2) is 5.13 Å². The number of benzene rings is 1. The highest BCUT2D eigenvalue weighted by Crippen LogP contribution is 2.24. The third-order valence-corrected chi connectivity index (χ3v) is 5.63. The molecule has 1 fully saturated rings. The average molecular weight is 324 g/mol. The third-order valence-electron chi connectivity index (χ3n) is 3.46. The number of hydrogen-bond acceptors (Lipinski definition) is 6. The van der Waals surface area contributed by atoms with Crippen LogP contribution in [-0.4, -0.2) is 39.6 Å². The maximum absolute atomic E-state index is 12.2. The van der Waals surface area contributed by atoms with Crippen molar-refractivity contribution in [2.45, 2.75) is 10.9 Å². The number of sulfonamides is 1. The first kappa shape index (κ1) is 14.3. The molecule has 8 heteroatoms. The molecule has 1 aromatic heterocycles. The van der Waals surface area contributed by atoms with Crippen LogP contribution in [0.3, 0.4) is 0 Å². The first-order valence-electron chi connectivity index (χ1n) is 6.53. The smallest absolute Gasteiger partial charge is 0.263 e. The van der Waals surface area contributed by atoms with E-state index in [2.05, 4.69) is 19.9 Å². The van der Waals surface area contributed by atoms with E-state index in [1.807, 2.05) is 19.2 Å². The molecule has 0 bridgehead atoms. The fraction of sp³-hybridized carbons (Fsp3) is 0.308. The minimum absolute atomic E-state index is 0.243. The van der Waals surface area contributed by atoms with Crippen molar-refractivity contribution in [2.75, 3.05) is 29.8 Å². The summed E-state index contributed by atoms with van der Waals surface area (Å²) in [5.74, 6) is 0. The van der Waals surface area contributed by atoms with Gasteiger partial charge in [-0.3, -0.25) is 4.72 Å². The fourth-order valence-corrected chi connectivity index (χ4v) is 3.94. The highest BCUT2D eigenvalue weighted by atomic mass is 32.2. The van der Waals surface area contributed by atoms with Crippen molar-refractivity contribution in [3.8, 4) is 0 Å². The lowest BCUT2D eigenvalue weighted by Gasteiger charge is -2.40. The van der Waals surface area contributed by atoms with Crippen LogP contribution in [-0.2, 0) is 10.0 Å². The van der Waals surface area contributed by atoms with E-state index in [-0.39, 0.29) is 4.90 Å². The van der Waals surface area contributed by atoms with E-state index in [4.69, 9.17) is 0 Å². The molecule has 1 aliphatic heterocycles. The van der Waals surface area contributed by atoms with Crippen molar-refractivity contribution in [2.24, 2.45) is 0 Å². The molecule has 0 unspecified atom stereocenters. The zero-order valence-corrected chi connectivity index (χ0v) is 13.1. The number of nitrogens with one attached hydrogen (secondary N) is 2. The highest BCUT2D eigenvalue weighted by Gasteiger charge is 2.25. The molecule has 1 aromatic carbocycles. The molecule has 2 aromatic rings. The number of likely N-dealkylation sites (N-methyl/N-ethyl adjacent to an activating group) is 1. The van der Waals surface area contributed by atoms with Crippen molar-refractivity contribution >= 4 is 32.2 Å². The standard InChI is InChI=1S/C13H16N4O2S2/c1-14-10-8-17(9-10)11-2-4-12(5-3-11)21(18,19)16-13-15-6-7-20-13/h2-7,10,14H,8-9H2,1H3,(H,15,16). The van der Waals surface area contributed by atoms with Gasteiger partial charge in [-0.1, -0.05) is 0 Å². The van der Waals surface area contributed by atoms with Crippen LogP contribution in [0.25, 0.3) is 0 Å². The van der Waals surface area contributed by atoms with Gasteiger partial charge in [0.25, 0.3) is 10.0 Å². The van der Waals surface area contributed by atoms with Gasteiger partial charge in [-0.2, -0.15) is 0 Å². The molecule has 2 N–H and O–H groups in total. The molecule has 1 aliphatic rings. The molecular formula is C13H16N4O2S2. The van der Waals surface area contributed by atoms with Gasteiger partial charge in [0.1, 0.15) is 0 Å². The first-order valence-corrected chi connectivity index (χ1v) is 8.89. The van der Waals surface area contributed by atoms with Crippen molar-refractivity contribution in [3.05, 3.63) is 35.8 Å². The largest absolute Gasteiger partial charge is 0.368 e. The summed E-state index contributed by atoms with van der Waals surface area (Å²) in [6.07, 6.45) is 1.56. The van der Waals surface area contributed by atoms with Gasteiger partial charge in [0, 0.05) is 36.4 Å². The van der Waals surface area contributed by atoms with E-state index < -0.39 is 10.0 Å². The molecule has 0 spiro atoms. The second-order valence-corrected chi connectivity index (χ2v) is 7.40. The summed E-state index contributed by atoms with van der Waals surface area (Å²) in [4.78, 5) is 6.37. The SMILES string of the molecule is CNC1CN(c2ccc(S(=O)(=O)Nc3nccs3)cc2)C1. The fourth-order valence-electron chi connectivity index (χ4n) is 2.16. The van der Waals surface area contributed by atoms with E-state index in [9.17, 15) is 8.42 Å². The number of thiazole rings is 1. The second kappa shape index (κ2) is 5.63. The summed E-state index contributed by atoms with van der Waals surface area (Å²) < 4.78 is 26.9. The quantitative estimate of drug-likeness (QED) is 0.868. The van der Waals surface area contributed by atoms with Crippen LogP contribution in [0, 0.1) is 0 Å². The van der Waals surface area contributed by atoms with Crippen LogP contribution in [0.1, 0.15) is 0 Å². The number of hydrogen-bond donors (Lipinski definition) is 2. The second-order valence-electron chi connectivity index (χ2n) is 4.83. The Morgan fingerprint density at radius 1 is 1.29 bits per heavy atom. The zero-order chi connectivity index (χ0) is 14.9. The predicted octanol–water partition coefficient (Wildman–Crippen LogP) is 1.35. The predicted molar refractivity (Wildman–Crippen MR) is 84.4 cm³/mol. The summed E-state index contributed by atoms with van der Waals surface area (Å²) in [5, 5.41) is 5.31. The molecule has 0 saturated carbocycles. The Balaban J connectivity index is 1.72. The summed E-state index contributed by atoms with van der Waals surface area (Å²) >= 11 is 1.25. The Morgan fingerprint density at radius 2 is 2.00 bits per heavy atom. The molecular weight excluding hydrogens is 308 g/mol. The monoisotopic (exact) mass is 324 g/mol. The van der Waals surface area contributed by atoms with Gasteiger partial charge >= 0.3 is 0 Å². The zero-order valence-electron chi connectivity index (χ0n) is 11.5. The van der Waals surface area contributed by atoms with Crippen molar-refractivity contribution in [1.82, 2.24) is 10.3 Å². The summed E-state index contributed by atoms with van der Waals surface area (Å²) in [6.45, 7) is 1.89. The van der Waals surface area contributed by atoms with Gasteiger partial charge in [-0.25, -0.2) is 13.4 Å². The Bertz CT molecular complexity index is 692. The van der Waals surface area contributed by atoms with E-state index in [0.717, 1.165) is 18.8 Å². The molecule has 2 heterocycles. The molecule has 112 valence electrons. The van der Waals surface area contributed by atoms with Crippen LogP contribution >= 0.6 is 11.3 Å². The van der Waals surface area contributed by atoms with E-state index in [0.29, 0.717) is 11.2 Å². The highest BCUT2D eigenvalue weighted by molar-refractivity contribution is 7.93. The number of nitrogens with zero attached hydrogens (tertiary/aromatic N) is 2. The minimum Gasteiger partial charge on any atom is -0.368 e. The van der Waals surface area contributed by atoms with Gasteiger partial charge in [-0.15, -0.1) is 11.3 Å². The van der Waals surface area contributed by atoms with Crippen molar-refractivity contribution < 1.29 is 8.42 Å². The lowest BCUT2D eigenvalue weighted by Crippen LogP contribution is -2.57. The maximum atomic E-state index is 12.2. The van der Waals surface area contributed by atoms with Crippen molar-refractivity contribution in [1.29, 1.82) is 0 Å². The molecule has 3 rings (SSSR count). The van der Waals surface area contributed by atoms with E-state index in [1.165, 1.54) is 11.3 Å². The Labute approximate surface area is 127 Å². The number of rotatable bonds is 5. The van der Waals surface area contributed by atoms with Gasteiger partial charge < -0.3 is 10.2 Å². The topological polar surface area (TPSA) is 74.3 Å². The number of anilines is 2. The van der Waals surface area contributed by atoms with E-state index in [1.54, 1.807) is 23.7 Å². The van der Waals surface area contributed by atoms with Gasteiger partial charge in [-0.05, 0) is 31.3 Å². The van der Waals surface area contributed by atoms with Gasteiger partial charge in [0.05, 0.1) is 4.90 Å². The Kier molecular flexibility index (Phi) is 3.83. The molecule has 1 saturated heterocycles. The molecule has 6 nitrogen and oxygen atoms in total. The molecule has 21 heavy (non-hydrogen) atoms. The van der Waals surface area contributed by atoms with Crippen LogP contribution in [0.15, 0.2) is 40.7 Å². The average Bonchev–Trinajstić information content (AvgIpc) is 2.90. The maximum Gasteiger partial charge on any atom is 0.263 e. The Morgan fingerprint density at radius 3 is 2.57 bits per heavy atom. The Hall–Kier alpha value is -1.64. The molecule has 0 atom stereocenters. The third kappa shape index (κ3) is 3.02. The van der Waals surface area contributed by atoms with Crippen LogP contribution in [0.4, 0.5) is 10.8 Å². The minimum atomic E-state index is -3.56. The van der Waals surface area contributed by atoms with Crippen LogP contribution in [0.5, 0.6) is 0 Å². The normalized spacial score (nSPS) is 15.8. The molecule has 0 aliphatic carbocycles. The molecule has 0 amide bonds. The lowest BCUT2D eigenvalue weighted by atomic mass is 10.1. The van der Waals surface area contributed by atoms with Crippen molar-refractivity contribution in [3.63, 3.8) is 0 Å². The lowest BCUT2D eigenvalue weighted by molar-refractivity contribution is 0.450.